The molecule has 118 valence electrons. The highest BCUT2D eigenvalue weighted by molar-refractivity contribution is 5.03. The van der Waals surface area contributed by atoms with E-state index >= 15 is 0 Å². The summed E-state index contributed by atoms with van der Waals surface area (Å²) in [5, 5.41) is 7.75. The van der Waals surface area contributed by atoms with Crippen molar-refractivity contribution in [1.82, 2.24) is 15.5 Å². The van der Waals surface area contributed by atoms with Gasteiger partial charge < -0.3 is 14.6 Å². The number of ether oxygens (including phenoxy) is 1. The van der Waals surface area contributed by atoms with Crippen LogP contribution in [0.3, 0.4) is 0 Å². The number of nitrogens with zero attached hydrogens (tertiary/aromatic N) is 2. The van der Waals surface area contributed by atoms with Crippen LogP contribution >= 0.6 is 0 Å². The molecule has 1 saturated heterocycles. The summed E-state index contributed by atoms with van der Waals surface area (Å²) in [4.78, 5) is 4.69. The van der Waals surface area contributed by atoms with Crippen LogP contribution in [0.15, 0.2) is 4.52 Å². The van der Waals surface area contributed by atoms with Gasteiger partial charge in [-0.3, -0.25) is 0 Å². The van der Waals surface area contributed by atoms with Crippen molar-refractivity contribution in [1.29, 1.82) is 0 Å². The monoisotopic (exact) mass is 293 g/mol. The SMILES string of the molecule is CCOC1(c2noc(CC3CCCN3)n2)CCCCCC1. The van der Waals surface area contributed by atoms with Gasteiger partial charge >= 0.3 is 0 Å². The van der Waals surface area contributed by atoms with Crippen molar-refractivity contribution < 1.29 is 9.26 Å². The predicted octanol–water partition coefficient (Wildman–Crippen LogP) is 2.95. The van der Waals surface area contributed by atoms with E-state index in [2.05, 4.69) is 22.4 Å². The van der Waals surface area contributed by atoms with Crippen molar-refractivity contribution >= 4 is 0 Å². The third-order valence-corrected chi connectivity index (χ3v) is 4.79. The Kier molecular flexibility index (Phi) is 4.91. The summed E-state index contributed by atoms with van der Waals surface area (Å²) in [6.45, 7) is 3.86. The molecular weight excluding hydrogens is 266 g/mol. The highest BCUT2D eigenvalue weighted by Crippen LogP contribution is 2.38. The van der Waals surface area contributed by atoms with E-state index in [-0.39, 0.29) is 5.60 Å². The highest BCUT2D eigenvalue weighted by atomic mass is 16.5. The lowest BCUT2D eigenvalue weighted by molar-refractivity contribution is -0.0636. The van der Waals surface area contributed by atoms with E-state index in [1.54, 1.807) is 0 Å². The van der Waals surface area contributed by atoms with E-state index in [4.69, 9.17) is 9.26 Å². The smallest absolute Gasteiger partial charge is 0.228 e. The maximum atomic E-state index is 6.12. The van der Waals surface area contributed by atoms with Gasteiger partial charge in [-0.25, -0.2) is 0 Å². The van der Waals surface area contributed by atoms with Crippen molar-refractivity contribution in [3.63, 3.8) is 0 Å². The zero-order valence-corrected chi connectivity index (χ0v) is 13.1. The van der Waals surface area contributed by atoms with Gasteiger partial charge in [0.15, 0.2) is 0 Å². The Bertz CT molecular complexity index is 432. The average molecular weight is 293 g/mol. The molecule has 5 heteroatoms. The van der Waals surface area contributed by atoms with E-state index in [9.17, 15) is 0 Å². The molecule has 21 heavy (non-hydrogen) atoms. The molecule has 1 aromatic rings. The van der Waals surface area contributed by atoms with Gasteiger partial charge in [0.25, 0.3) is 0 Å². The molecule has 1 unspecified atom stereocenters. The van der Waals surface area contributed by atoms with Gasteiger partial charge in [-0.05, 0) is 39.2 Å². The normalized spacial score (nSPS) is 25.9. The minimum Gasteiger partial charge on any atom is -0.367 e. The van der Waals surface area contributed by atoms with Crippen LogP contribution in [0.2, 0.25) is 0 Å². The quantitative estimate of drug-likeness (QED) is 0.846. The second-order valence-electron chi connectivity index (χ2n) is 6.35. The van der Waals surface area contributed by atoms with Gasteiger partial charge in [0.05, 0.1) is 0 Å². The lowest BCUT2D eigenvalue weighted by atomic mass is 9.93. The molecule has 2 fully saturated rings. The summed E-state index contributed by atoms with van der Waals surface area (Å²) in [6.07, 6.45) is 10.3. The maximum absolute atomic E-state index is 6.12. The van der Waals surface area contributed by atoms with Crippen LogP contribution in [-0.4, -0.2) is 29.3 Å². The molecule has 0 amide bonds. The molecule has 2 heterocycles. The molecule has 1 N–H and O–H groups in total. The predicted molar refractivity (Wildman–Crippen MR) is 80.0 cm³/mol. The largest absolute Gasteiger partial charge is 0.367 e. The number of rotatable bonds is 5. The highest BCUT2D eigenvalue weighted by Gasteiger charge is 2.38. The van der Waals surface area contributed by atoms with Gasteiger partial charge in [-0.15, -0.1) is 0 Å². The molecule has 1 aliphatic heterocycles. The van der Waals surface area contributed by atoms with Gasteiger partial charge in [0, 0.05) is 19.1 Å². The van der Waals surface area contributed by atoms with E-state index < -0.39 is 0 Å². The van der Waals surface area contributed by atoms with E-state index in [0.717, 1.165) is 37.5 Å². The summed E-state index contributed by atoms with van der Waals surface area (Å²) in [6, 6.07) is 0.496. The third kappa shape index (κ3) is 3.46. The standard InChI is InChI=1S/C16H27N3O2/c1-2-20-16(9-5-3-4-6-10-16)15-18-14(21-19-15)12-13-8-7-11-17-13/h13,17H,2-12H2,1H3. The van der Waals surface area contributed by atoms with Gasteiger partial charge in [-0.2, -0.15) is 4.98 Å². The van der Waals surface area contributed by atoms with Crippen LogP contribution in [0.5, 0.6) is 0 Å². The lowest BCUT2D eigenvalue weighted by Gasteiger charge is -2.29. The first-order valence-corrected chi connectivity index (χ1v) is 8.53. The van der Waals surface area contributed by atoms with Crippen molar-refractivity contribution in [2.75, 3.05) is 13.2 Å². The van der Waals surface area contributed by atoms with Crippen LogP contribution in [0, 0.1) is 0 Å². The molecule has 0 bridgehead atoms. The van der Waals surface area contributed by atoms with Gasteiger partial charge in [-0.1, -0.05) is 30.8 Å². The van der Waals surface area contributed by atoms with Crippen LogP contribution in [0.4, 0.5) is 0 Å². The zero-order valence-electron chi connectivity index (χ0n) is 13.1. The van der Waals surface area contributed by atoms with Crippen LogP contribution in [0.25, 0.3) is 0 Å². The molecule has 3 rings (SSSR count). The van der Waals surface area contributed by atoms with Crippen molar-refractivity contribution in [3.05, 3.63) is 11.7 Å². The summed E-state index contributed by atoms with van der Waals surface area (Å²) >= 11 is 0. The van der Waals surface area contributed by atoms with Crippen LogP contribution in [0.1, 0.15) is 70.0 Å². The molecule has 1 saturated carbocycles. The summed E-state index contributed by atoms with van der Waals surface area (Å²) < 4.78 is 11.6. The Morgan fingerprint density at radius 3 is 2.71 bits per heavy atom. The molecule has 0 aromatic carbocycles. The molecule has 2 aliphatic rings. The topological polar surface area (TPSA) is 60.2 Å². The third-order valence-electron chi connectivity index (χ3n) is 4.79. The number of nitrogens with one attached hydrogen (secondary N) is 1. The van der Waals surface area contributed by atoms with Crippen molar-refractivity contribution in [2.45, 2.75) is 76.4 Å². The summed E-state index contributed by atoms with van der Waals surface area (Å²) in [5.74, 6) is 1.53. The summed E-state index contributed by atoms with van der Waals surface area (Å²) in [7, 11) is 0. The second-order valence-corrected chi connectivity index (χ2v) is 6.35. The van der Waals surface area contributed by atoms with Crippen LogP contribution in [-0.2, 0) is 16.8 Å². The second kappa shape index (κ2) is 6.88. The molecular formula is C16H27N3O2. The number of hydrogen-bond acceptors (Lipinski definition) is 5. The molecule has 0 radical (unpaired) electrons. The Morgan fingerprint density at radius 1 is 1.24 bits per heavy atom. The van der Waals surface area contributed by atoms with Gasteiger partial charge in [0.1, 0.15) is 5.60 Å². The first-order chi connectivity index (χ1) is 10.3. The van der Waals surface area contributed by atoms with Crippen LogP contribution < -0.4 is 5.32 Å². The first kappa shape index (κ1) is 15.0. The first-order valence-electron chi connectivity index (χ1n) is 8.53. The Balaban J connectivity index is 1.74. The lowest BCUT2D eigenvalue weighted by Crippen LogP contribution is -2.31. The molecule has 1 aliphatic carbocycles. The average Bonchev–Trinajstić information content (AvgIpc) is 3.10. The fraction of sp³-hybridized carbons (Fsp3) is 0.875. The van der Waals surface area contributed by atoms with Crippen molar-refractivity contribution in [2.24, 2.45) is 0 Å². The minimum absolute atomic E-state index is 0.309. The fourth-order valence-electron chi connectivity index (χ4n) is 3.67. The zero-order chi connectivity index (χ0) is 14.5. The molecule has 5 nitrogen and oxygen atoms in total. The molecule has 1 atom stereocenters. The van der Waals surface area contributed by atoms with E-state index in [1.165, 1.54) is 38.5 Å². The molecule has 0 spiro atoms. The Labute approximate surface area is 126 Å². The minimum atomic E-state index is -0.309. The maximum Gasteiger partial charge on any atom is 0.228 e. The van der Waals surface area contributed by atoms with Gasteiger partial charge in [0.2, 0.25) is 11.7 Å². The number of hydrogen-bond donors (Lipinski definition) is 1. The Morgan fingerprint density at radius 2 is 2.05 bits per heavy atom. The number of aromatic nitrogens is 2. The Hall–Kier alpha value is -0.940. The van der Waals surface area contributed by atoms with E-state index in [1.807, 2.05) is 0 Å². The summed E-state index contributed by atoms with van der Waals surface area (Å²) in [5.41, 5.74) is -0.309. The van der Waals surface area contributed by atoms with Crippen molar-refractivity contribution in [3.8, 4) is 0 Å². The fourth-order valence-corrected chi connectivity index (χ4v) is 3.67. The molecule has 1 aromatic heterocycles. The van der Waals surface area contributed by atoms with E-state index in [0.29, 0.717) is 12.6 Å².